The number of nitrogens with zero attached hydrogens (tertiary/aromatic N) is 1. The minimum Gasteiger partial charge on any atom is -0.456 e. The Morgan fingerprint density at radius 1 is 1.20 bits per heavy atom. The summed E-state index contributed by atoms with van der Waals surface area (Å²) in [7, 11) is 0. The number of nitrogens with two attached hydrogens (primary N) is 1. The van der Waals surface area contributed by atoms with Crippen LogP contribution in [0, 0.1) is 0 Å². The molecule has 0 aromatic heterocycles. The van der Waals surface area contributed by atoms with Gasteiger partial charge in [-0.1, -0.05) is 0 Å². The number of hydrogen-bond donors (Lipinski definition) is 1. The van der Waals surface area contributed by atoms with Crippen LogP contribution < -0.4 is 15.4 Å². The average Bonchev–Trinajstić information content (AvgIpc) is 2.57. The van der Waals surface area contributed by atoms with Gasteiger partial charge in [0.05, 0.1) is 10.2 Å². The molecule has 0 saturated carbocycles. The summed E-state index contributed by atoms with van der Waals surface area (Å²) >= 11 is 3.54. The van der Waals surface area contributed by atoms with Gasteiger partial charge in [0.1, 0.15) is 11.5 Å². The second kappa shape index (κ2) is 6.88. The van der Waals surface area contributed by atoms with Crippen molar-refractivity contribution in [3.8, 4) is 11.5 Å². The Kier molecular flexibility index (Phi) is 4.81. The molecule has 2 amide bonds. The maximum absolute atomic E-state index is 12.1. The quantitative estimate of drug-likeness (QED) is 0.841. The minimum absolute atomic E-state index is 0.0209. The van der Waals surface area contributed by atoms with E-state index in [1.54, 1.807) is 31.2 Å². The van der Waals surface area contributed by atoms with Crippen LogP contribution in [-0.2, 0) is 11.2 Å². The number of benzene rings is 2. The first-order chi connectivity index (χ1) is 11.9. The van der Waals surface area contributed by atoms with Gasteiger partial charge in [-0.15, -0.1) is 0 Å². The van der Waals surface area contributed by atoms with E-state index in [-0.39, 0.29) is 11.9 Å². The van der Waals surface area contributed by atoms with Crippen LogP contribution in [0.4, 0.5) is 5.69 Å². The summed E-state index contributed by atoms with van der Waals surface area (Å²) in [6.07, 6.45) is 1.70. The fourth-order valence-electron chi connectivity index (χ4n) is 3.17. The molecule has 2 N–H and O–H groups in total. The number of ether oxygens (including phenoxy) is 1. The van der Waals surface area contributed by atoms with Gasteiger partial charge in [0.15, 0.2) is 0 Å². The number of primary amides is 1. The Bertz CT molecular complexity index is 833. The Labute approximate surface area is 154 Å². The zero-order valence-electron chi connectivity index (χ0n) is 14.1. The van der Waals surface area contributed by atoms with Crippen LogP contribution in [0.1, 0.15) is 36.2 Å². The molecule has 0 bridgehead atoms. The molecule has 6 heteroatoms. The SMILES string of the molecule is CC(=O)N1c2ccc(Br)c(Oc3ccc(C(N)=O)cc3)c2CCC1C. The standard InChI is InChI=1S/C19H19BrN2O3/c1-11-3-8-15-17(22(11)12(2)23)10-9-16(20)18(15)25-14-6-4-13(5-7-14)19(21)24/h4-7,9-11H,3,8H2,1-2H3,(H2,21,24). The normalized spacial score (nSPS) is 16.3. The predicted molar refractivity (Wildman–Crippen MR) is 100 cm³/mol. The molecule has 3 rings (SSSR count). The molecule has 1 aliphatic rings. The number of amides is 2. The van der Waals surface area contributed by atoms with Gasteiger partial charge in [0.25, 0.3) is 0 Å². The highest BCUT2D eigenvalue weighted by molar-refractivity contribution is 9.10. The number of hydrogen-bond acceptors (Lipinski definition) is 3. The number of rotatable bonds is 3. The number of carbonyl (C=O) groups is 2. The van der Waals surface area contributed by atoms with Gasteiger partial charge in [0, 0.05) is 24.1 Å². The van der Waals surface area contributed by atoms with Crippen LogP contribution in [0.5, 0.6) is 11.5 Å². The van der Waals surface area contributed by atoms with Crippen LogP contribution in [0.2, 0.25) is 0 Å². The molecule has 1 heterocycles. The zero-order chi connectivity index (χ0) is 18.1. The van der Waals surface area contributed by atoms with Crippen LogP contribution in [0.25, 0.3) is 0 Å². The lowest BCUT2D eigenvalue weighted by atomic mass is 9.95. The van der Waals surface area contributed by atoms with E-state index in [0.29, 0.717) is 17.1 Å². The van der Waals surface area contributed by atoms with E-state index in [1.807, 2.05) is 17.0 Å². The highest BCUT2D eigenvalue weighted by atomic mass is 79.9. The first kappa shape index (κ1) is 17.5. The molecule has 5 nitrogen and oxygen atoms in total. The van der Waals surface area contributed by atoms with Crippen molar-refractivity contribution in [3.05, 3.63) is 52.0 Å². The van der Waals surface area contributed by atoms with Crippen molar-refractivity contribution in [1.29, 1.82) is 0 Å². The van der Waals surface area contributed by atoms with Gasteiger partial charge in [-0.05, 0) is 72.1 Å². The Balaban J connectivity index is 1.99. The molecule has 1 unspecified atom stereocenters. The molecule has 2 aromatic rings. The van der Waals surface area contributed by atoms with Crippen molar-refractivity contribution >= 4 is 33.4 Å². The summed E-state index contributed by atoms with van der Waals surface area (Å²) in [5, 5.41) is 0. The monoisotopic (exact) mass is 402 g/mol. The number of carbonyl (C=O) groups excluding carboxylic acids is 2. The fraction of sp³-hybridized carbons (Fsp3) is 0.263. The van der Waals surface area contributed by atoms with Gasteiger partial charge >= 0.3 is 0 Å². The van der Waals surface area contributed by atoms with Crippen LogP contribution in [-0.4, -0.2) is 17.9 Å². The third-order valence-electron chi connectivity index (χ3n) is 4.40. The first-order valence-corrected chi connectivity index (χ1v) is 8.86. The van der Waals surface area contributed by atoms with Crippen LogP contribution in [0.15, 0.2) is 40.9 Å². The number of fused-ring (bicyclic) bond motifs is 1. The second-order valence-corrected chi connectivity index (χ2v) is 7.00. The Hall–Kier alpha value is -2.34. The topological polar surface area (TPSA) is 72.6 Å². The van der Waals surface area contributed by atoms with Crippen LogP contribution in [0.3, 0.4) is 0 Å². The Morgan fingerprint density at radius 2 is 1.88 bits per heavy atom. The number of anilines is 1. The van der Waals surface area contributed by atoms with E-state index in [2.05, 4.69) is 22.9 Å². The van der Waals surface area contributed by atoms with E-state index < -0.39 is 5.91 Å². The third-order valence-corrected chi connectivity index (χ3v) is 5.02. The van der Waals surface area contributed by atoms with Gasteiger partial charge in [-0.3, -0.25) is 9.59 Å². The van der Waals surface area contributed by atoms with E-state index in [4.69, 9.17) is 10.5 Å². The smallest absolute Gasteiger partial charge is 0.248 e. The summed E-state index contributed by atoms with van der Waals surface area (Å²) in [5.74, 6) is 0.845. The van der Waals surface area contributed by atoms with Crippen molar-refractivity contribution in [3.63, 3.8) is 0 Å². The second-order valence-electron chi connectivity index (χ2n) is 6.14. The summed E-state index contributed by atoms with van der Waals surface area (Å²) in [5.41, 5.74) is 7.58. The molecule has 1 aliphatic heterocycles. The lowest BCUT2D eigenvalue weighted by Gasteiger charge is -2.35. The summed E-state index contributed by atoms with van der Waals surface area (Å²) in [6, 6.07) is 10.7. The van der Waals surface area contributed by atoms with E-state index in [1.165, 1.54) is 0 Å². The van der Waals surface area contributed by atoms with Crippen molar-refractivity contribution in [2.75, 3.05) is 4.90 Å². The Morgan fingerprint density at radius 3 is 2.48 bits per heavy atom. The van der Waals surface area contributed by atoms with Crippen molar-refractivity contribution in [2.24, 2.45) is 5.73 Å². The molecule has 130 valence electrons. The maximum atomic E-state index is 12.1. The van der Waals surface area contributed by atoms with Crippen LogP contribution >= 0.6 is 15.9 Å². The lowest BCUT2D eigenvalue weighted by molar-refractivity contribution is -0.117. The summed E-state index contributed by atoms with van der Waals surface area (Å²) in [6.45, 7) is 3.63. The van der Waals surface area contributed by atoms with Crippen molar-refractivity contribution in [1.82, 2.24) is 0 Å². The number of halogens is 1. The molecular formula is C19H19BrN2O3. The van der Waals surface area contributed by atoms with Crippen molar-refractivity contribution in [2.45, 2.75) is 32.7 Å². The predicted octanol–water partition coefficient (Wildman–Crippen LogP) is 4.03. The highest BCUT2D eigenvalue weighted by Crippen LogP contribution is 2.43. The third kappa shape index (κ3) is 3.39. The molecule has 0 radical (unpaired) electrons. The minimum atomic E-state index is -0.476. The molecule has 0 spiro atoms. The largest absolute Gasteiger partial charge is 0.456 e. The molecule has 0 aliphatic carbocycles. The van der Waals surface area contributed by atoms with Crippen molar-refractivity contribution < 1.29 is 14.3 Å². The molecule has 1 atom stereocenters. The van der Waals surface area contributed by atoms with E-state index in [9.17, 15) is 9.59 Å². The molecule has 0 fully saturated rings. The first-order valence-electron chi connectivity index (χ1n) is 8.07. The summed E-state index contributed by atoms with van der Waals surface area (Å²) < 4.78 is 6.89. The van der Waals surface area contributed by atoms with Gasteiger partial charge in [-0.2, -0.15) is 0 Å². The fourth-order valence-corrected chi connectivity index (χ4v) is 3.62. The highest BCUT2D eigenvalue weighted by Gasteiger charge is 2.29. The van der Waals surface area contributed by atoms with Gasteiger partial charge < -0.3 is 15.4 Å². The average molecular weight is 403 g/mol. The van der Waals surface area contributed by atoms with E-state index >= 15 is 0 Å². The maximum Gasteiger partial charge on any atom is 0.248 e. The zero-order valence-corrected chi connectivity index (χ0v) is 15.7. The lowest BCUT2D eigenvalue weighted by Crippen LogP contribution is -2.40. The molecular weight excluding hydrogens is 384 g/mol. The van der Waals surface area contributed by atoms with E-state index in [0.717, 1.165) is 28.6 Å². The van der Waals surface area contributed by atoms with Gasteiger partial charge in [-0.25, -0.2) is 0 Å². The molecule has 0 saturated heterocycles. The van der Waals surface area contributed by atoms with Gasteiger partial charge in [0.2, 0.25) is 11.8 Å². The molecule has 2 aromatic carbocycles. The summed E-state index contributed by atoms with van der Waals surface area (Å²) in [4.78, 5) is 25.1. The molecule has 25 heavy (non-hydrogen) atoms.